The van der Waals surface area contributed by atoms with Gasteiger partial charge in [-0.3, -0.25) is 0 Å². The molecule has 4 heteroatoms. The predicted molar refractivity (Wildman–Crippen MR) is 91.2 cm³/mol. The summed E-state index contributed by atoms with van der Waals surface area (Å²) in [4.78, 5) is 11.5. The fourth-order valence-electron chi connectivity index (χ4n) is 3.61. The van der Waals surface area contributed by atoms with Crippen molar-refractivity contribution in [2.45, 2.75) is 50.6 Å². The normalized spacial score (nSPS) is 26.1. The summed E-state index contributed by atoms with van der Waals surface area (Å²) >= 11 is 0. The van der Waals surface area contributed by atoms with Crippen LogP contribution in [0.5, 0.6) is 0 Å². The average molecular weight is 298 g/mol. The van der Waals surface area contributed by atoms with Crippen molar-refractivity contribution >= 4 is 5.82 Å². The number of rotatable bonds is 4. The van der Waals surface area contributed by atoms with Gasteiger partial charge in [0.05, 0.1) is 0 Å². The zero-order valence-electron chi connectivity index (χ0n) is 13.4. The summed E-state index contributed by atoms with van der Waals surface area (Å²) in [7, 11) is 0. The smallest absolute Gasteiger partial charge is 0.132 e. The van der Waals surface area contributed by atoms with Gasteiger partial charge in [0.1, 0.15) is 12.1 Å². The van der Waals surface area contributed by atoms with Crippen LogP contribution in [0.2, 0.25) is 0 Å². The van der Waals surface area contributed by atoms with Gasteiger partial charge in [0, 0.05) is 29.8 Å². The number of anilines is 1. The number of aromatic nitrogens is 2. The van der Waals surface area contributed by atoms with Gasteiger partial charge in [-0.1, -0.05) is 18.2 Å². The maximum atomic E-state index is 4.57. The Bertz CT molecular complexity index is 534. The van der Waals surface area contributed by atoms with Crippen molar-refractivity contribution in [2.24, 2.45) is 0 Å². The van der Waals surface area contributed by atoms with Crippen LogP contribution in [0.1, 0.15) is 44.2 Å². The molecule has 1 aromatic heterocycles. The molecule has 0 amide bonds. The van der Waals surface area contributed by atoms with Crippen LogP contribution in [-0.4, -0.2) is 35.1 Å². The van der Waals surface area contributed by atoms with Gasteiger partial charge in [-0.2, -0.15) is 0 Å². The third-order valence-corrected chi connectivity index (χ3v) is 4.79. The molecule has 1 fully saturated rings. The zero-order valence-corrected chi connectivity index (χ0v) is 13.4. The van der Waals surface area contributed by atoms with Crippen molar-refractivity contribution in [2.75, 3.05) is 18.0 Å². The minimum Gasteiger partial charge on any atom is -0.347 e. The number of hydrogen-bond donors (Lipinski definition) is 1. The van der Waals surface area contributed by atoms with Gasteiger partial charge in [0.2, 0.25) is 0 Å². The molecular weight excluding hydrogens is 272 g/mol. The summed E-state index contributed by atoms with van der Waals surface area (Å²) in [6, 6.07) is 3.03. The summed E-state index contributed by atoms with van der Waals surface area (Å²) in [5, 5.41) is 3.42. The Morgan fingerprint density at radius 2 is 2.18 bits per heavy atom. The Morgan fingerprint density at radius 1 is 1.36 bits per heavy atom. The lowest BCUT2D eigenvalue weighted by Crippen LogP contribution is -2.43. The van der Waals surface area contributed by atoms with Crippen molar-refractivity contribution < 1.29 is 0 Å². The molecular formula is C18H26N4. The van der Waals surface area contributed by atoms with E-state index in [1.54, 1.807) is 6.33 Å². The van der Waals surface area contributed by atoms with Gasteiger partial charge in [-0.15, -0.1) is 6.58 Å². The fourth-order valence-corrected chi connectivity index (χ4v) is 3.61. The van der Waals surface area contributed by atoms with Crippen molar-refractivity contribution in [1.82, 2.24) is 15.3 Å². The highest BCUT2D eigenvalue weighted by Gasteiger charge is 2.26. The average Bonchev–Trinajstić information content (AvgIpc) is 2.56. The largest absolute Gasteiger partial charge is 0.347 e. The van der Waals surface area contributed by atoms with Gasteiger partial charge >= 0.3 is 0 Å². The van der Waals surface area contributed by atoms with E-state index in [0.29, 0.717) is 18.0 Å². The SMILES string of the molecule is C=CC[C@@H]1CC=C[C@@H](C)N1c1cc(C2CCNCC2)ncn1. The van der Waals surface area contributed by atoms with Crippen LogP contribution in [-0.2, 0) is 0 Å². The maximum Gasteiger partial charge on any atom is 0.132 e. The molecule has 118 valence electrons. The van der Waals surface area contributed by atoms with Crippen LogP contribution in [0.4, 0.5) is 5.82 Å². The van der Waals surface area contributed by atoms with E-state index >= 15 is 0 Å². The van der Waals surface area contributed by atoms with E-state index in [1.807, 2.05) is 6.08 Å². The Balaban J connectivity index is 1.85. The second-order valence-corrected chi connectivity index (χ2v) is 6.32. The standard InChI is InChI=1S/C18H26N4/c1-3-5-16-7-4-6-14(2)22(16)18-12-17(20-13-21-18)15-8-10-19-11-9-15/h3-4,6,12-16,19H,1,5,7-11H2,2H3/t14-,16-/m1/s1. The van der Waals surface area contributed by atoms with E-state index in [9.17, 15) is 0 Å². The minimum atomic E-state index is 0.370. The van der Waals surface area contributed by atoms with Crippen molar-refractivity contribution in [3.63, 3.8) is 0 Å². The van der Waals surface area contributed by atoms with Crippen LogP contribution < -0.4 is 10.2 Å². The van der Waals surface area contributed by atoms with Gasteiger partial charge < -0.3 is 10.2 Å². The lowest BCUT2D eigenvalue weighted by Gasteiger charge is -2.38. The summed E-state index contributed by atoms with van der Waals surface area (Å²) in [5.74, 6) is 1.63. The molecule has 0 spiro atoms. The molecule has 3 rings (SSSR count). The number of nitrogens with one attached hydrogen (secondary N) is 1. The highest BCUT2D eigenvalue weighted by atomic mass is 15.2. The first-order valence-electron chi connectivity index (χ1n) is 8.38. The van der Waals surface area contributed by atoms with Crippen molar-refractivity contribution in [1.29, 1.82) is 0 Å². The number of nitrogens with zero attached hydrogens (tertiary/aromatic N) is 3. The topological polar surface area (TPSA) is 41.0 Å². The van der Waals surface area contributed by atoms with Crippen LogP contribution in [0.3, 0.4) is 0 Å². The van der Waals surface area contributed by atoms with Crippen LogP contribution >= 0.6 is 0 Å². The quantitative estimate of drug-likeness (QED) is 0.868. The molecule has 2 aliphatic heterocycles. The summed E-state index contributed by atoms with van der Waals surface area (Å²) in [6.07, 6.45) is 12.7. The van der Waals surface area contributed by atoms with E-state index in [1.165, 1.54) is 18.5 Å². The van der Waals surface area contributed by atoms with Crippen molar-refractivity contribution in [3.8, 4) is 0 Å². The maximum absolute atomic E-state index is 4.57. The summed E-state index contributed by atoms with van der Waals surface area (Å²) in [6.45, 7) is 8.32. The zero-order chi connectivity index (χ0) is 15.4. The first-order valence-corrected chi connectivity index (χ1v) is 8.38. The highest BCUT2D eigenvalue weighted by Crippen LogP contribution is 2.29. The molecule has 0 bridgehead atoms. The predicted octanol–water partition coefficient (Wildman–Crippen LogP) is 3.04. The molecule has 0 saturated carbocycles. The summed E-state index contributed by atoms with van der Waals surface area (Å²) in [5.41, 5.74) is 1.20. The summed E-state index contributed by atoms with van der Waals surface area (Å²) < 4.78 is 0. The Hall–Kier alpha value is -1.68. The van der Waals surface area contributed by atoms with E-state index in [-0.39, 0.29) is 0 Å². The second-order valence-electron chi connectivity index (χ2n) is 6.32. The van der Waals surface area contributed by atoms with Crippen molar-refractivity contribution in [3.05, 3.63) is 42.9 Å². The molecule has 0 aliphatic carbocycles. The molecule has 2 aliphatic rings. The molecule has 0 aromatic carbocycles. The third-order valence-electron chi connectivity index (χ3n) is 4.79. The van der Waals surface area contributed by atoms with Gasteiger partial charge in [-0.25, -0.2) is 9.97 Å². The van der Waals surface area contributed by atoms with Crippen LogP contribution in [0.15, 0.2) is 37.2 Å². The molecule has 1 saturated heterocycles. The molecule has 0 radical (unpaired) electrons. The second kappa shape index (κ2) is 7.05. The van der Waals surface area contributed by atoms with E-state index in [4.69, 9.17) is 0 Å². The number of piperidine rings is 1. The number of hydrogen-bond acceptors (Lipinski definition) is 4. The van der Waals surface area contributed by atoms with Gasteiger partial charge in [-0.05, 0) is 45.7 Å². The highest BCUT2D eigenvalue weighted by molar-refractivity contribution is 5.45. The van der Waals surface area contributed by atoms with E-state index in [2.05, 4.69) is 51.9 Å². The molecule has 22 heavy (non-hydrogen) atoms. The molecule has 1 N–H and O–H groups in total. The van der Waals surface area contributed by atoms with Crippen LogP contribution in [0.25, 0.3) is 0 Å². The molecule has 1 aromatic rings. The van der Waals surface area contributed by atoms with Gasteiger partial charge in [0.15, 0.2) is 0 Å². The molecule has 3 heterocycles. The fraction of sp³-hybridized carbons (Fsp3) is 0.556. The Kier molecular flexibility index (Phi) is 4.88. The van der Waals surface area contributed by atoms with E-state index < -0.39 is 0 Å². The Labute approximate surface area is 133 Å². The van der Waals surface area contributed by atoms with Gasteiger partial charge in [0.25, 0.3) is 0 Å². The van der Waals surface area contributed by atoms with E-state index in [0.717, 1.165) is 31.7 Å². The minimum absolute atomic E-state index is 0.370. The lowest BCUT2D eigenvalue weighted by molar-refractivity contribution is 0.452. The molecule has 2 atom stereocenters. The molecule has 0 unspecified atom stereocenters. The van der Waals surface area contributed by atoms with Crippen LogP contribution in [0, 0.1) is 0 Å². The molecule has 4 nitrogen and oxygen atoms in total. The first kappa shape index (κ1) is 15.2. The lowest BCUT2D eigenvalue weighted by atomic mass is 9.94. The Morgan fingerprint density at radius 3 is 2.95 bits per heavy atom. The monoisotopic (exact) mass is 298 g/mol. The first-order chi connectivity index (χ1) is 10.8. The third kappa shape index (κ3) is 3.22.